The van der Waals surface area contributed by atoms with Crippen molar-refractivity contribution in [2.45, 2.75) is 42.8 Å². The van der Waals surface area contributed by atoms with Crippen LogP contribution in [0.5, 0.6) is 5.75 Å². The summed E-state index contributed by atoms with van der Waals surface area (Å²) in [7, 11) is -4.66. The lowest BCUT2D eigenvalue weighted by Crippen LogP contribution is -2.64. The first-order valence-electron chi connectivity index (χ1n) is 15.2. The van der Waals surface area contributed by atoms with E-state index in [4.69, 9.17) is 9.47 Å². The Bertz CT molecular complexity index is 1580. The molecule has 1 unspecified atom stereocenters. The molecule has 0 saturated carbocycles. The lowest BCUT2D eigenvalue weighted by atomic mass is 9.89. The van der Waals surface area contributed by atoms with Crippen LogP contribution in [0.3, 0.4) is 0 Å². The van der Waals surface area contributed by atoms with Crippen molar-refractivity contribution < 1.29 is 42.2 Å². The summed E-state index contributed by atoms with van der Waals surface area (Å²) in [5.74, 6) is 0.682. The molecule has 5 rings (SSSR count). The number of thioether (sulfide) groups is 2. The van der Waals surface area contributed by atoms with Crippen molar-refractivity contribution in [2.75, 3.05) is 60.0 Å². The molecule has 3 fully saturated rings. The summed E-state index contributed by atoms with van der Waals surface area (Å²) < 4.78 is 40.3. The Kier molecular flexibility index (Phi) is 10.9. The van der Waals surface area contributed by atoms with Crippen LogP contribution < -0.4 is 14.4 Å². The number of carbonyl (C=O) groups excluding carboxylic acids is 3. The maximum absolute atomic E-state index is 14.3. The van der Waals surface area contributed by atoms with Crippen molar-refractivity contribution in [1.29, 1.82) is 0 Å². The van der Waals surface area contributed by atoms with Crippen molar-refractivity contribution in [3.63, 3.8) is 0 Å². The molecule has 47 heavy (non-hydrogen) atoms. The quantitative estimate of drug-likeness (QED) is 0.367. The Hall–Kier alpha value is -3.47. The number of ether oxygens (including phenoxy) is 2. The van der Waals surface area contributed by atoms with Gasteiger partial charge < -0.3 is 29.7 Å². The van der Waals surface area contributed by atoms with Gasteiger partial charge in [-0.3, -0.25) is 4.79 Å². The van der Waals surface area contributed by atoms with Crippen molar-refractivity contribution in [3.8, 4) is 5.75 Å². The maximum atomic E-state index is 14.3. The molecule has 254 valence electrons. The van der Waals surface area contributed by atoms with E-state index in [0.29, 0.717) is 30.5 Å². The van der Waals surface area contributed by atoms with Gasteiger partial charge in [0.25, 0.3) is 10.0 Å². The third kappa shape index (κ3) is 7.66. The SMILES string of the molecule is Cc1ccc(S(=O)(=O)N(c2ccc(OC(=O)N3CCSCC3)cc2)[C@@](C)(C(=O)O)C(=O)[C@@H]2CC(OC(=O)N3CCSCC3)CN2)cc1. The number of Topliss-reactive ketones (excluding diaryl/α,β-unsaturated/α-hetero) is 1. The Balaban J connectivity index is 1.43. The van der Waals surface area contributed by atoms with Crippen LogP contribution in [0.15, 0.2) is 53.4 Å². The molecule has 3 saturated heterocycles. The highest BCUT2D eigenvalue weighted by Crippen LogP contribution is 2.36. The Morgan fingerprint density at radius 1 is 0.894 bits per heavy atom. The van der Waals surface area contributed by atoms with Crippen LogP contribution in [0.2, 0.25) is 0 Å². The molecule has 16 heteroatoms. The number of carboxylic acids is 1. The Morgan fingerprint density at radius 2 is 1.45 bits per heavy atom. The highest BCUT2D eigenvalue weighted by atomic mass is 32.2. The van der Waals surface area contributed by atoms with Gasteiger partial charge in [-0.2, -0.15) is 23.5 Å². The molecule has 13 nitrogen and oxygen atoms in total. The molecular weight excluding hydrogens is 669 g/mol. The first-order chi connectivity index (χ1) is 22.4. The third-order valence-electron chi connectivity index (χ3n) is 8.35. The molecule has 2 aromatic carbocycles. The molecule has 0 bridgehead atoms. The zero-order chi connectivity index (χ0) is 33.8. The van der Waals surface area contributed by atoms with Gasteiger partial charge in [0.1, 0.15) is 11.9 Å². The van der Waals surface area contributed by atoms with E-state index in [1.54, 1.807) is 52.4 Å². The molecule has 3 atom stereocenters. The van der Waals surface area contributed by atoms with Gasteiger partial charge in [-0.1, -0.05) is 17.7 Å². The molecule has 0 aromatic heterocycles. The normalized spacial score (nSPS) is 21.4. The number of carboxylic acid groups (broad SMARTS) is 1. The molecule has 2 N–H and O–H groups in total. The van der Waals surface area contributed by atoms with Crippen LogP contribution in [0.4, 0.5) is 15.3 Å². The molecule has 3 heterocycles. The predicted molar refractivity (Wildman–Crippen MR) is 179 cm³/mol. The van der Waals surface area contributed by atoms with E-state index < -0.39 is 51.6 Å². The van der Waals surface area contributed by atoms with Crippen molar-refractivity contribution >= 4 is 63.2 Å². The number of carbonyl (C=O) groups is 4. The highest BCUT2D eigenvalue weighted by Gasteiger charge is 2.55. The van der Waals surface area contributed by atoms with Crippen LogP contribution in [0.25, 0.3) is 0 Å². The second-order valence-corrected chi connectivity index (χ2v) is 15.8. The maximum Gasteiger partial charge on any atom is 0.415 e. The fourth-order valence-corrected chi connectivity index (χ4v) is 9.15. The van der Waals surface area contributed by atoms with E-state index in [-0.39, 0.29) is 29.3 Å². The van der Waals surface area contributed by atoms with Gasteiger partial charge in [0, 0.05) is 62.2 Å². The smallest absolute Gasteiger partial charge is 0.415 e. The van der Waals surface area contributed by atoms with Crippen LogP contribution in [0.1, 0.15) is 18.9 Å². The van der Waals surface area contributed by atoms with E-state index in [0.717, 1.165) is 35.5 Å². The summed E-state index contributed by atoms with van der Waals surface area (Å²) >= 11 is 3.48. The summed E-state index contributed by atoms with van der Waals surface area (Å²) in [5.41, 5.74) is -1.97. The molecule has 0 aliphatic carbocycles. The Morgan fingerprint density at radius 3 is 2.00 bits per heavy atom. The monoisotopic (exact) mass is 706 g/mol. The number of nitrogens with zero attached hydrogens (tertiary/aromatic N) is 3. The number of hydrogen-bond donors (Lipinski definition) is 2. The number of benzene rings is 2. The van der Waals surface area contributed by atoms with E-state index in [9.17, 15) is 32.7 Å². The van der Waals surface area contributed by atoms with Crippen LogP contribution in [0, 0.1) is 6.92 Å². The van der Waals surface area contributed by atoms with Gasteiger partial charge in [0.2, 0.25) is 5.54 Å². The molecule has 3 aliphatic heterocycles. The van der Waals surface area contributed by atoms with Gasteiger partial charge in [0.15, 0.2) is 5.78 Å². The number of nitrogens with one attached hydrogen (secondary N) is 1. The van der Waals surface area contributed by atoms with Gasteiger partial charge in [-0.25, -0.2) is 27.1 Å². The molecular formula is C31H38N4O9S3. The average Bonchev–Trinajstić information content (AvgIpc) is 3.54. The van der Waals surface area contributed by atoms with Gasteiger partial charge in [0.05, 0.1) is 16.6 Å². The minimum atomic E-state index is -4.66. The number of ketones is 1. The topological polar surface area (TPSA) is 163 Å². The van der Waals surface area contributed by atoms with Crippen LogP contribution in [-0.2, 0) is 24.3 Å². The zero-order valence-electron chi connectivity index (χ0n) is 26.1. The lowest BCUT2D eigenvalue weighted by Gasteiger charge is -2.38. The number of rotatable bonds is 9. The molecule has 3 aliphatic rings. The van der Waals surface area contributed by atoms with Crippen LogP contribution >= 0.6 is 23.5 Å². The predicted octanol–water partition coefficient (Wildman–Crippen LogP) is 3.07. The first kappa shape index (κ1) is 34.9. The summed E-state index contributed by atoms with van der Waals surface area (Å²) in [6.07, 6.45) is -1.79. The second-order valence-electron chi connectivity index (χ2n) is 11.6. The van der Waals surface area contributed by atoms with Gasteiger partial charge in [-0.15, -0.1) is 0 Å². The second kappa shape index (κ2) is 14.7. The van der Waals surface area contributed by atoms with Crippen molar-refractivity contribution in [2.24, 2.45) is 0 Å². The fraction of sp³-hybridized carbons (Fsp3) is 0.484. The summed E-state index contributed by atoms with van der Waals surface area (Å²) in [4.78, 5) is 55.6. The number of aryl methyl sites for hydroxylation is 1. The summed E-state index contributed by atoms with van der Waals surface area (Å²) in [6.45, 7) is 5.10. The molecule has 0 spiro atoms. The van der Waals surface area contributed by atoms with Crippen LogP contribution in [-0.4, -0.2) is 121 Å². The number of hydrogen-bond acceptors (Lipinski definition) is 11. The van der Waals surface area contributed by atoms with Crippen molar-refractivity contribution in [1.82, 2.24) is 15.1 Å². The number of anilines is 1. The first-order valence-corrected chi connectivity index (χ1v) is 19.0. The van der Waals surface area contributed by atoms with E-state index in [2.05, 4.69) is 5.32 Å². The third-order valence-corrected chi connectivity index (χ3v) is 12.2. The standard InChI is InChI=1S/C31H38N4O9S3/c1-21-3-9-25(10-4-21)47(41,42)35(22-5-7-23(8-6-22)43-29(39)33-11-15-45-16-12-33)31(2,28(37)38)27(36)26-19-24(20-32-26)44-30(40)34-13-17-46-18-14-34/h3-10,24,26,32H,11-20H2,1-2H3,(H,37,38)/t24?,26-,31+/m0/s1. The van der Waals surface area contributed by atoms with Gasteiger partial charge >= 0.3 is 18.2 Å². The highest BCUT2D eigenvalue weighted by molar-refractivity contribution is 7.99. The largest absolute Gasteiger partial charge is 0.479 e. The molecule has 2 amide bonds. The van der Waals surface area contributed by atoms with E-state index in [1.165, 1.54) is 36.4 Å². The van der Waals surface area contributed by atoms with Crippen molar-refractivity contribution in [3.05, 3.63) is 54.1 Å². The minimum Gasteiger partial charge on any atom is -0.479 e. The average molecular weight is 707 g/mol. The fourth-order valence-electron chi connectivity index (χ4n) is 5.60. The van der Waals surface area contributed by atoms with E-state index in [1.807, 2.05) is 0 Å². The number of sulfonamides is 1. The summed E-state index contributed by atoms with van der Waals surface area (Å²) in [6, 6.07) is 10.1. The Labute approximate surface area is 282 Å². The van der Waals surface area contributed by atoms with Gasteiger partial charge in [-0.05, 0) is 50.2 Å². The number of amides is 2. The summed E-state index contributed by atoms with van der Waals surface area (Å²) in [5, 5.41) is 13.6. The van der Waals surface area contributed by atoms with E-state index >= 15 is 0 Å². The molecule has 2 aromatic rings. The lowest BCUT2D eigenvalue weighted by molar-refractivity contribution is -0.147. The molecule has 0 radical (unpaired) electrons. The zero-order valence-corrected chi connectivity index (χ0v) is 28.6. The minimum absolute atomic E-state index is 0.0294. The number of aliphatic carboxylic acids is 1.